The van der Waals surface area contributed by atoms with Crippen molar-refractivity contribution in [1.29, 1.82) is 0 Å². The van der Waals surface area contributed by atoms with Gasteiger partial charge in [-0.15, -0.1) is 0 Å². The maximum absolute atomic E-state index is 2.42. The maximum atomic E-state index is 2.42. The monoisotopic (exact) mass is 724 g/mol. The average Bonchev–Trinajstić information content (AvgIpc) is 3.47. The highest BCUT2D eigenvalue weighted by Gasteiger charge is 2.37. The van der Waals surface area contributed by atoms with Gasteiger partial charge in [0.2, 0.25) is 0 Å². The van der Waals surface area contributed by atoms with Crippen molar-refractivity contribution in [1.82, 2.24) is 0 Å². The van der Waals surface area contributed by atoms with Crippen LogP contribution < -0.4 is 0 Å². The smallest absolute Gasteiger partial charge is 0.0159 e. The second kappa shape index (κ2) is 15.6. The first-order valence-electron chi connectivity index (χ1n) is 20.3. The van der Waals surface area contributed by atoms with Gasteiger partial charge in [0.15, 0.2) is 0 Å². The number of rotatable bonds is 7. The summed E-state index contributed by atoms with van der Waals surface area (Å²) in [5, 5.41) is 0. The van der Waals surface area contributed by atoms with Crippen molar-refractivity contribution >= 4 is 0 Å². The summed E-state index contributed by atoms with van der Waals surface area (Å²) in [5.74, 6) is 0.438. The van der Waals surface area contributed by atoms with Crippen LogP contribution >= 0.6 is 0 Å². The molecule has 276 valence electrons. The van der Waals surface area contributed by atoms with Gasteiger partial charge in [0.05, 0.1) is 0 Å². The normalized spacial score (nSPS) is 16.7. The van der Waals surface area contributed by atoms with E-state index in [9.17, 15) is 0 Å². The molecule has 7 aromatic rings. The molecule has 0 amide bonds. The highest BCUT2D eigenvalue weighted by atomic mass is 14.4. The van der Waals surface area contributed by atoms with Crippen LogP contribution in [0, 0.1) is 6.92 Å². The van der Waals surface area contributed by atoms with Crippen LogP contribution in [0.4, 0.5) is 0 Å². The fraction of sp³-hybridized carbons (Fsp3) is 0.179. The van der Waals surface area contributed by atoms with Gasteiger partial charge in [-0.2, -0.15) is 0 Å². The van der Waals surface area contributed by atoms with Crippen LogP contribution in [0.3, 0.4) is 0 Å². The number of hydrogen-bond acceptors (Lipinski definition) is 0. The summed E-state index contributed by atoms with van der Waals surface area (Å²) < 4.78 is 0. The molecule has 0 bridgehead atoms. The Labute approximate surface area is 334 Å². The largest absolute Gasteiger partial charge is 0.0834 e. The van der Waals surface area contributed by atoms with Crippen molar-refractivity contribution in [3.05, 3.63) is 228 Å². The summed E-state index contributed by atoms with van der Waals surface area (Å²) >= 11 is 0. The van der Waals surface area contributed by atoms with E-state index in [0.717, 1.165) is 12.8 Å². The standard InChI is InChI=1S/C28H24.C28H28/c1-19-17-26-24(18-23(19)21-13-8-5-9-14-21)27-22(20-11-6-4-7-12-20)15-10-16-25(27)28(26,2)3;1-3-27(24-14-12-23(13-15-24)22-10-6-4-7-11-22)25-16-18-26(19-17-25)28(2)20-8-5-9-21-28/h4-18H,1-3H3;4-20,27H,3,21H2,1-2H3. The molecule has 2 aliphatic rings. The lowest BCUT2D eigenvalue weighted by Gasteiger charge is -2.28. The molecule has 9 rings (SSSR count). The second-order valence-corrected chi connectivity index (χ2v) is 16.3. The van der Waals surface area contributed by atoms with E-state index in [2.05, 4.69) is 229 Å². The molecule has 0 aliphatic heterocycles. The van der Waals surface area contributed by atoms with Crippen molar-refractivity contribution in [2.24, 2.45) is 0 Å². The number of benzene rings is 7. The fourth-order valence-corrected chi connectivity index (χ4v) is 8.97. The number of aryl methyl sites for hydroxylation is 1. The zero-order valence-corrected chi connectivity index (χ0v) is 33.5. The van der Waals surface area contributed by atoms with Gasteiger partial charge >= 0.3 is 0 Å². The van der Waals surface area contributed by atoms with Gasteiger partial charge in [-0.3, -0.25) is 0 Å². The summed E-state index contributed by atoms with van der Waals surface area (Å²) in [6, 6.07) is 62.1. The van der Waals surface area contributed by atoms with Crippen LogP contribution in [0.25, 0.3) is 44.5 Å². The molecule has 56 heavy (non-hydrogen) atoms. The van der Waals surface area contributed by atoms with E-state index in [1.807, 2.05) is 0 Å². The molecule has 0 saturated heterocycles. The lowest BCUT2D eigenvalue weighted by Crippen LogP contribution is -2.19. The SMILES string of the molecule is CCC(c1ccc(-c2ccccc2)cc1)c1ccc(C2(C)C=CC=CC2)cc1.Cc1cc2c(cc1-c1ccccc1)-c1c(-c3ccccc3)cccc1C2(C)C. The zero-order chi connectivity index (χ0) is 38.7. The quantitative estimate of drug-likeness (QED) is 0.154. The topological polar surface area (TPSA) is 0 Å². The minimum Gasteiger partial charge on any atom is -0.0834 e. The van der Waals surface area contributed by atoms with Gasteiger partial charge < -0.3 is 0 Å². The Balaban J connectivity index is 0.000000157. The third kappa shape index (κ3) is 7.13. The molecular weight excluding hydrogens is 673 g/mol. The van der Waals surface area contributed by atoms with Crippen molar-refractivity contribution in [3.63, 3.8) is 0 Å². The molecule has 0 saturated carbocycles. The molecule has 0 heterocycles. The molecule has 7 aromatic carbocycles. The first-order valence-corrected chi connectivity index (χ1v) is 20.3. The summed E-state index contributed by atoms with van der Waals surface area (Å²) in [7, 11) is 0. The first-order chi connectivity index (χ1) is 27.3. The van der Waals surface area contributed by atoms with E-state index in [-0.39, 0.29) is 10.8 Å². The predicted octanol–water partition coefficient (Wildman–Crippen LogP) is 15.3. The maximum Gasteiger partial charge on any atom is 0.0159 e. The van der Waals surface area contributed by atoms with Gasteiger partial charge in [-0.25, -0.2) is 0 Å². The Morgan fingerprint density at radius 1 is 0.500 bits per heavy atom. The van der Waals surface area contributed by atoms with Gasteiger partial charge in [0, 0.05) is 16.7 Å². The van der Waals surface area contributed by atoms with Crippen LogP contribution in [-0.2, 0) is 10.8 Å². The highest BCUT2D eigenvalue weighted by molar-refractivity contribution is 5.94. The van der Waals surface area contributed by atoms with E-state index in [1.165, 1.54) is 77.9 Å². The van der Waals surface area contributed by atoms with Gasteiger partial charge in [0.1, 0.15) is 0 Å². The van der Waals surface area contributed by atoms with E-state index in [4.69, 9.17) is 0 Å². The number of allylic oxidation sites excluding steroid dienone is 4. The molecule has 0 spiro atoms. The first kappa shape index (κ1) is 37.0. The summed E-state index contributed by atoms with van der Waals surface area (Å²) in [5.41, 5.74) is 19.1. The predicted molar refractivity (Wildman–Crippen MR) is 240 cm³/mol. The summed E-state index contributed by atoms with van der Waals surface area (Å²) in [6.07, 6.45) is 11.1. The third-order valence-corrected chi connectivity index (χ3v) is 12.3. The summed E-state index contributed by atoms with van der Waals surface area (Å²) in [4.78, 5) is 0. The third-order valence-electron chi connectivity index (χ3n) is 12.3. The van der Waals surface area contributed by atoms with Crippen molar-refractivity contribution in [2.45, 2.75) is 64.2 Å². The Hall–Kier alpha value is -5.98. The molecular formula is C56H52. The minimum atomic E-state index is 0.00936. The fourth-order valence-electron chi connectivity index (χ4n) is 8.97. The van der Waals surface area contributed by atoms with Crippen molar-refractivity contribution in [3.8, 4) is 44.5 Å². The number of hydrogen-bond donors (Lipinski definition) is 0. The molecule has 0 radical (unpaired) electrons. The molecule has 2 unspecified atom stereocenters. The van der Waals surface area contributed by atoms with E-state index < -0.39 is 0 Å². The second-order valence-electron chi connectivity index (χ2n) is 16.3. The van der Waals surface area contributed by atoms with Crippen LogP contribution in [0.2, 0.25) is 0 Å². The Bertz CT molecular complexity index is 2480. The van der Waals surface area contributed by atoms with Crippen molar-refractivity contribution < 1.29 is 0 Å². The van der Waals surface area contributed by atoms with Crippen LogP contribution in [-0.4, -0.2) is 0 Å². The summed E-state index contributed by atoms with van der Waals surface area (Å²) in [6.45, 7) is 11.5. The van der Waals surface area contributed by atoms with Crippen LogP contribution in [0.1, 0.15) is 79.8 Å². The minimum absolute atomic E-state index is 0.00936. The molecule has 0 heteroatoms. The van der Waals surface area contributed by atoms with Gasteiger partial charge in [-0.05, 0) is 104 Å². The lowest BCUT2D eigenvalue weighted by molar-refractivity contribution is 0.599. The molecule has 0 nitrogen and oxygen atoms in total. The van der Waals surface area contributed by atoms with Crippen LogP contribution in [0.5, 0.6) is 0 Å². The van der Waals surface area contributed by atoms with E-state index in [1.54, 1.807) is 0 Å². The molecule has 2 atom stereocenters. The number of fused-ring (bicyclic) bond motifs is 3. The Morgan fingerprint density at radius 2 is 1.05 bits per heavy atom. The van der Waals surface area contributed by atoms with E-state index in [0.29, 0.717) is 5.92 Å². The molecule has 2 aliphatic carbocycles. The van der Waals surface area contributed by atoms with E-state index >= 15 is 0 Å². The Morgan fingerprint density at radius 3 is 1.62 bits per heavy atom. The highest BCUT2D eigenvalue weighted by Crippen LogP contribution is 2.53. The molecule has 0 aromatic heterocycles. The van der Waals surface area contributed by atoms with Crippen molar-refractivity contribution in [2.75, 3.05) is 0 Å². The van der Waals surface area contributed by atoms with Gasteiger partial charge in [-0.1, -0.05) is 216 Å². The molecule has 0 fully saturated rings. The zero-order valence-electron chi connectivity index (χ0n) is 33.5. The lowest BCUT2D eigenvalue weighted by atomic mass is 9.76. The molecule has 0 N–H and O–H groups in total. The Kier molecular flexibility index (Phi) is 10.3. The van der Waals surface area contributed by atoms with Crippen LogP contribution in [0.15, 0.2) is 194 Å². The average molecular weight is 725 g/mol. The van der Waals surface area contributed by atoms with Gasteiger partial charge in [0.25, 0.3) is 0 Å².